The van der Waals surface area contributed by atoms with E-state index in [1.807, 2.05) is 36.5 Å². The number of hydrogen-bond acceptors (Lipinski definition) is 5. The van der Waals surface area contributed by atoms with Gasteiger partial charge in [0.1, 0.15) is 6.10 Å². The number of unbranched alkanes of at least 4 members (excludes halogenated alkanes) is 34. The lowest BCUT2D eigenvalue weighted by molar-refractivity contribution is -0.151. The molecule has 0 heterocycles. The number of nitrogens with one attached hydrogen (secondary N) is 1. The van der Waals surface area contributed by atoms with Gasteiger partial charge in [-0.1, -0.05) is 288 Å². The van der Waals surface area contributed by atoms with Crippen molar-refractivity contribution in [3.8, 4) is 0 Å². The molecule has 1 amide bonds. The predicted octanol–water partition coefficient (Wildman–Crippen LogP) is 17.4. The maximum absolute atomic E-state index is 13.2. The van der Waals surface area contributed by atoms with Crippen LogP contribution in [0.4, 0.5) is 0 Å². The summed E-state index contributed by atoms with van der Waals surface area (Å²) in [5, 5.41) is 23.8. The maximum Gasteiger partial charge on any atom is 0.306 e. The van der Waals surface area contributed by atoms with Gasteiger partial charge in [-0.25, -0.2) is 0 Å². The highest BCUT2D eigenvalue weighted by molar-refractivity contribution is 5.77. The van der Waals surface area contributed by atoms with Gasteiger partial charge in [0.25, 0.3) is 0 Å². The van der Waals surface area contributed by atoms with E-state index in [4.69, 9.17) is 4.74 Å². The zero-order valence-electron chi connectivity index (χ0n) is 43.4. The molecule has 0 aliphatic rings. The molecule has 0 saturated carbocycles. The Bertz CT molecular complexity index is 1110. The number of rotatable bonds is 51. The Morgan fingerprint density at radius 2 is 0.831 bits per heavy atom. The highest BCUT2D eigenvalue weighted by Gasteiger charge is 2.24. The molecule has 0 aliphatic heterocycles. The van der Waals surface area contributed by atoms with Crippen LogP contribution in [-0.4, -0.2) is 46.9 Å². The molecule has 0 aromatic rings. The number of aliphatic hydroxyl groups is 2. The molecule has 0 saturated heterocycles. The minimum absolute atomic E-state index is 0.0346. The van der Waals surface area contributed by atoms with Crippen molar-refractivity contribution in [3.63, 3.8) is 0 Å². The minimum Gasteiger partial charge on any atom is -0.462 e. The monoisotopic (exact) mass is 912 g/mol. The van der Waals surface area contributed by atoms with E-state index in [0.29, 0.717) is 19.3 Å². The molecular formula is C59H109NO5. The summed E-state index contributed by atoms with van der Waals surface area (Å²) >= 11 is 0. The fraction of sp³-hybridized carbons (Fsp3) is 0.831. The summed E-state index contributed by atoms with van der Waals surface area (Å²) in [7, 11) is 0. The van der Waals surface area contributed by atoms with E-state index in [1.54, 1.807) is 0 Å². The number of aliphatic hydroxyl groups excluding tert-OH is 2. The van der Waals surface area contributed by atoms with Crippen LogP contribution in [0.5, 0.6) is 0 Å². The lowest BCUT2D eigenvalue weighted by Crippen LogP contribution is -2.46. The minimum atomic E-state index is -0.804. The van der Waals surface area contributed by atoms with E-state index in [0.717, 1.165) is 57.8 Å². The van der Waals surface area contributed by atoms with Crippen LogP contribution in [0.2, 0.25) is 0 Å². The first kappa shape index (κ1) is 62.8. The molecule has 0 aliphatic carbocycles. The van der Waals surface area contributed by atoms with Gasteiger partial charge in [0.15, 0.2) is 0 Å². The fourth-order valence-electron chi connectivity index (χ4n) is 8.74. The quantitative estimate of drug-likeness (QED) is 0.0321. The van der Waals surface area contributed by atoms with Crippen molar-refractivity contribution in [2.24, 2.45) is 0 Å². The van der Waals surface area contributed by atoms with Gasteiger partial charge in [0.05, 0.1) is 25.2 Å². The van der Waals surface area contributed by atoms with Crippen LogP contribution in [-0.2, 0) is 14.3 Å². The van der Waals surface area contributed by atoms with E-state index in [1.165, 1.54) is 186 Å². The van der Waals surface area contributed by atoms with Crippen LogP contribution in [0.1, 0.15) is 290 Å². The summed E-state index contributed by atoms with van der Waals surface area (Å²) in [5.74, 6) is -0.529. The normalized spacial score (nSPS) is 13.5. The summed E-state index contributed by atoms with van der Waals surface area (Å²) in [6.45, 7) is 6.35. The molecule has 3 atom stereocenters. The second-order valence-electron chi connectivity index (χ2n) is 19.4. The average Bonchev–Trinajstić information content (AvgIpc) is 3.30. The first-order chi connectivity index (χ1) is 32.0. The van der Waals surface area contributed by atoms with Crippen molar-refractivity contribution in [2.75, 3.05) is 6.61 Å². The summed E-state index contributed by atoms with van der Waals surface area (Å²) in [6.07, 6.45) is 64.8. The van der Waals surface area contributed by atoms with Gasteiger partial charge in [0, 0.05) is 6.42 Å². The van der Waals surface area contributed by atoms with E-state index in [2.05, 4.69) is 38.2 Å². The molecule has 3 N–H and O–H groups in total. The number of amides is 1. The van der Waals surface area contributed by atoms with Crippen LogP contribution in [0.15, 0.2) is 48.6 Å². The van der Waals surface area contributed by atoms with Crippen LogP contribution < -0.4 is 5.32 Å². The van der Waals surface area contributed by atoms with Crippen molar-refractivity contribution in [1.82, 2.24) is 5.32 Å². The van der Waals surface area contributed by atoms with E-state index in [-0.39, 0.29) is 24.9 Å². The highest BCUT2D eigenvalue weighted by Crippen LogP contribution is 2.18. The second kappa shape index (κ2) is 52.8. The van der Waals surface area contributed by atoms with Crippen LogP contribution in [0.3, 0.4) is 0 Å². The van der Waals surface area contributed by atoms with Gasteiger partial charge < -0.3 is 20.3 Å². The zero-order valence-corrected chi connectivity index (χ0v) is 43.4. The molecule has 0 radical (unpaired) electrons. The molecule has 0 bridgehead atoms. The fourth-order valence-corrected chi connectivity index (χ4v) is 8.74. The number of esters is 1. The molecular weight excluding hydrogens is 803 g/mol. The van der Waals surface area contributed by atoms with Crippen molar-refractivity contribution in [2.45, 2.75) is 309 Å². The zero-order chi connectivity index (χ0) is 47.4. The number of allylic oxidation sites excluding steroid dienone is 8. The molecule has 0 rings (SSSR count). The lowest BCUT2D eigenvalue weighted by Gasteiger charge is -2.24. The van der Waals surface area contributed by atoms with Crippen LogP contribution in [0.25, 0.3) is 0 Å². The SMILES string of the molecule is CC/C=C/C=C/C=C\C=C/CCCC(CC(=O)NC(CO)C(O)CCCCCCCCCCCCCCCCCC)OC(=O)CCCCCCCCCCCCCCCCCCCCC. The summed E-state index contributed by atoms with van der Waals surface area (Å²) in [5.41, 5.74) is 0. The first-order valence-electron chi connectivity index (χ1n) is 28.4. The van der Waals surface area contributed by atoms with E-state index in [9.17, 15) is 19.8 Å². The summed E-state index contributed by atoms with van der Waals surface area (Å²) in [4.78, 5) is 26.2. The van der Waals surface area contributed by atoms with E-state index < -0.39 is 18.2 Å². The summed E-state index contributed by atoms with van der Waals surface area (Å²) < 4.78 is 5.91. The second-order valence-corrected chi connectivity index (χ2v) is 19.4. The predicted molar refractivity (Wildman–Crippen MR) is 282 cm³/mol. The topological polar surface area (TPSA) is 95.9 Å². The van der Waals surface area contributed by atoms with Gasteiger partial charge in [0.2, 0.25) is 5.91 Å². The number of carbonyl (C=O) groups excluding carboxylic acids is 2. The third-order valence-electron chi connectivity index (χ3n) is 13.0. The van der Waals surface area contributed by atoms with Gasteiger partial charge in [-0.2, -0.15) is 0 Å². The van der Waals surface area contributed by atoms with Crippen molar-refractivity contribution in [1.29, 1.82) is 0 Å². The molecule has 0 fully saturated rings. The maximum atomic E-state index is 13.2. The molecule has 0 aromatic heterocycles. The number of ether oxygens (including phenoxy) is 1. The van der Waals surface area contributed by atoms with Gasteiger partial charge in [-0.15, -0.1) is 0 Å². The Morgan fingerprint density at radius 3 is 1.23 bits per heavy atom. The molecule has 0 spiro atoms. The molecule has 6 nitrogen and oxygen atoms in total. The Labute approximate surface area is 404 Å². The summed E-state index contributed by atoms with van der Waals surface area (Å²) in [6, 6.07) is -0.721. The Hall–Kier alpha value is -2.18. The van der Waals surface area contributed by atoms with Crippen LogP contribution >= 0.6 is 0 Å². The van der Waals surface area contributed by atoms with Gasteiger partial charge in [-0.05, 0) is 38.5 Å². The smallest absolute Gasteiger partial charge is 0.306 e. The molecule has 380 valence electrons. The van der Waals surface area contributed by atoms with Crippen molar-refractivity contribution < 1.29 is 24.5 Å². The third kappa shape index (κ3) is 48.1. The Balaban J connectivity index is 4.46. The largest absolute Gasteiger partial charge is 0.462 e. The standard InChI is InChI=1S/C59H109NO5/c1-4-7-10-13-16-19-22-24-26-28-29-30-32-34-37-40-43-46-49-52-59(64)65-55(50-47-44-41-38-35-21-18-15-12-9-6-3)53-58(63)60-56(54-61)57(62)51-48-45-42-39-36-33-31-27-25-23-20-17-14-11-8-5-2/h9,12,15,18,21,35,38,41,55-57,61-62H,4-8,10-11,13-14,16-17,19-20,22-34,36-37,39-40,42-54H2,1-3H3,(H,60,63)/b12-9+,18-15+,35-21-,41-38-. The number of hydrogen-bond donors (Lipinski definition) is 3. The Kier molecular flexibility index (Phi) is 51.0. The molecule has 6 heteroatoms. The Morgan fingerprint density at radius 1 is 0.462 bits per heavy atom. The van der Waals surface area contributed by atoms with Gasteiger partial charge in [-0.3, -0.25) is 9.59 Å². The third-order valence-corrected chi connectivity index (χ3v) is 13.0. The number of carbonyl (C=O) groups is 2. The first-order valence-corrected chi connectivity index (χ1v) is 28.4. The molecule has 3 unspecified atom stereocenters. The molecule has 65 heavy (non-hydrogen) atoms. The average molecular weight is 913 g/mol. The molecule has 0 aromatic carbocycles. The lowest BCUT2D eigenvalue weighted by atomic mass is 10.0. The van der Waals surface area contributed by atoms with Gasteiger partial charge >= 0.3 is 5.97 Å². The van der Waals surface area contributed by atoms with Crippen LogP contribution in [0, 0.1) is 0 Å². The van der Waals surface area contributed by atoms with E-state index >= 15 is 0 Å². The van der Waals surface area contributed by atoms with Crippen molar-refractivity contribution >= 4 is 11.9 Å². The highest BCUT2D eigenvalue weighted by atomic mass is 16.5. The van der Waals surface area contributed by atoms with Crippen molar-refractivity contribution in [3.05, 3.63) is 48.6 Å².